The Hall–Kier alpha value is -2.01. The Labute approximate surface area is 239 Å². The van der Waals surface area contributed by atoms with Crippen molar-refractivity contribution in [1.82, 2.24) is 29.5 Å². The minimum absolute atomic E-state index is 0. The van der Waals surface area contributed by atoms with Crippen LogP contribution < -0.4 is 0 Å². The van der Waals surface area contributed by atoms with Gasteiger partial charge in [0.05, 0.1) is 29.4 Å². The molecular formula is C24H30Cl4N6O2S. The zero-order chi connectivity index (χ0) is 26.7. The maximum atomic E-state index is 9.28. The van der Waals surface area contributed by atoms with E-state index in [0.29, 0.717) is 11.9 Å². The van der Waals surface area contributed by atoms with E-state index in [1.807, 2.05) is 45.8 Å². The molecule has 0 saturated carbocycles. The number of halogens is 4. The van der Waals surface area contributed by atoms with E-state index in [2.05, 4.69) is 69.2 Å². The number of aliphatic hydroxyl groups excluding tert-OH is 1. The van der Waals surface area contributed by atoms with Crippen molar-refractivity contribution in [2.45, 2.75) is 52.3 Å². The van der Waals surface area contributed by atoms with E-state index in [4.69, 9.17) is 15.8 Å². The Morgan fingerprint density at radius 3 is 1.59 bits per heavy atom. The van der Waals surface area contributed by atoms with Gasteiger partial charge in [0.1, 0.15) is 0 Å². The van der Waals surface area contributed by atoms with E-state index in [-0.39, 0.29) is 25.1 Å². The zero-order valence-electron chi connectivity index (χ0n) is 20.8. The molecule has 0 spiro atoms. The van der Waals surface area contributed by atoms with Crippen molar-refractivity contribution in [3.8, 4) is 22.8 Å². The first-order valence-corrected chi connectivity index (χ1v) is 14.4. The third-order valence-corrected chi connectivity index (χ3v) is 5.19. The van der Waals surface area contributed by atoms with E-state index in [1.54, 1.807) is 24.8 Å². The van der Waals surface area contributed by atoms with Gasteiger partial charge in [-0.05, 0) is 57.5 Å². The normalized spacial score (nSPS) is 10.5. The molecule has 202 valence electrons. The third-order valence-electron chi connectivity index (χ3n) is 4.90. The maximum absolute atomic E-state index is 9.28. The number of hydrogen-bond acceptors (Lipinski definition) is 6. The Kier molecular flexibility index (Phi) is 15.0. The molecule has 4 aromatic rings. The highest BCUT2D eigenvalue weighted by molar-refractivity contribution is 8.26. The molecule has 4 rings (SSSR count). The average Bonchev–Trinajstić information content (AvgIpc) is 3.54. The van der Waals surface area contributed by atoms with Gasteiger partial charge >= 0.3 is 0 Å². The monoisotopic (exact) mass is 606 g/mol. The number of alkyl halides is 1. The van der Waals surface area contributed by atoms with Crippen LogP contribution in [0.3, 0.4) is 0 Å². The molecule has 0 bridgehead atoms. The van der Waals surface area contributed by atoms with Gasteiger partial charge in [-0.15, -0.1) is 24.0 Å². The quantitative estimate of drug-likeness (QED) is 0.192. The number of hydrogen-bond donors (Lipinski definition) is 1. The molecule has 0 atom stereocenters. The van der Waals surface area contributed by atoms with Crippen molar-refractivity contribution < 1.29 is 9.32 Å². The van der Waals surface area contributed by atoms with Crippen LogP contribution in [-0.4, -0.2) is 38.8 Å². The lowest BCUT2D eigenvalue weighted by molar-refractivity contribution is 0.282. The fourth-order valence-electron chi connectivity index (χ4n) is 3.40. The minimum atomic E-state index is -1.67. The predicted octanol–water partition coefficient (Wildman–Crippen LogP) is 6.75. The summed E-state index contributed by atoms with van der Waals surface area (Å²) in [6.45, 7) is 8.32. The molecule has 0 fully saturated rings. The molecule has 4 aromatic heterocycles. The highest BCUT2D eigenvalue weighted by atomic mass is 36.0. The largest absolute Gasteiger partial charge is 0.392 e. The molecule has 8 nitrogen and oxygen atoms in total. The lowest BCUT2D eigenvalue weighted by Gasteiger charge is -2.12. The van der Waals surface area contributed by atoms with Crippen LogP contribution in [0.25, 0.3) is 22.8 Å². The summed E-state index contributed by atoms with van der Waals surface area (Å²) in [5.74, 6) is 0.465. The summed E-state index contributed by atoms with van der Waals surface area (Å²) in [6.07, 6.45) is 7.06. The molecule has 0 aromatic carbocycles. The van der Waals surface area contributed by atoms with Gasteiger partial charge < -0.3 is 5.11 Å². The molecule has 0 aliphatic heterocycles. The summed E-state index contributed by atoms with van der Waals surface area (Å²) in [7, 11) is 7.36. The fourth-order valence-corrected chi connectivity index (χ4v) is 3.62. The average molecular weight is 608 g/mol. The lowest BCUT2D eigenvalue weighted by atomic mass is 10.1. The van der Waals surface area contributed by atoms with Crippen molar-refractivity contribution in [3.63, 3.8) is 0 Å². The molecule has 0 aliphatic rings. The Morgan fingerprint density at radius 2 is 1.22 bits per heavy atom. The second-order valence-corrected chi connectivity index (χ2v) is 10.8. The first-order valence-electron chi connectivity index (χ1n) is 11.1. The molecule has 4 heterocycles. The molecule has 37 heavy (non-hydrogen) atoms. The molecule has 0 saturated heterocycles. The Balaban J connectivity index is 0.000000316. The Morgan fingerprint density at radius 1 is 0.811 bits per heavy atom. The standard InChI is InChI=1S/C12H14ClN3.C12H15N3O.Cl2OS.ClH/c1-9(2)16-11(5-7-15-16)12-10(8-13)4-3-6-14-12;1-9(2)15-11(5-7-14-15)12-10(8-16)4-3-6-13-12;1-4(2)3;/h3-7,9H,8H2,1-2H3;3-7,9,16H,8H2,1-2H3;;1H. The smallest absolute Gasteiger partial charge is 0.211 e. The van der Waals surface area contributed by atoms with Crippen LogP contribution in [0.15, 0.2) is 61.2 Å². The summed E-state index contributed by atoms with van der Waals surface area (Å²) in [6, 6.07) is 12.1. The summed E-state index contributed by atoms with van der Waals surface area (Å²) in [5.41, 5.74) is 5.54. The molecular weight excluding hydrogens is 578 g/mol. The molecule has 0 amide bonds. The molecule has 0 radical (unpaired) electrons. The van der Waals surface area contributed by atoms with E-state index >= 15 is 0 Å². The number of nitrogens with zero attached hydrogens (tertiary/aromatic N) is 6. The number of aliphatic hydroxyl groups is 1. The van der Waals surface area contributed by atoms with E-state index in [0.717, 1.165) is 33.9 Å². The minimum Gasteiger partial charge on any atom is -0.392 e. The summed E-state index contributed by atoms with van der Waals surface area (Å²) >= 11 is 5.91. The topological polar surface area (TPSA) is 98.7 Å². The fraction of sp³-hybridized carbons (Fsp3) is 0.333. The van der Waals surface area contributed by atoms with Crippen LogP contribution in [0.1, 0.15) is 50.9 Å². The summed E-state index contributed by atoms with van der Waals surface area (Å²) < 4.78 is 12.9. The first kappa shape index (κ1) is 33.0. The van der Waals surface area contributed by atoms with Crippen molar-refractivity contribution in [2.24, 2.45) is 0 Å². The molecule has 0 aliphatic carbocycles. The van der Waals surface area contributed by atoms with Gasteiger partial charge in [-0.25, -0.2) is 4.21 Å². The maximum Gasteiger partial charge on any atom is 0.211 e. The number of aromatic nitrogens is 6. The van der Waals surface area contributed by atoms with Crippen LogP contribution in [0.2, 0.25) is 0 Å². The van der Waals surface area contributed by atoms with Crippen LogP contribution in [-0.2, 0) is 21.7 Å². The zero-order valence-corrected chi connectivity index (χ0v) is 24.7. The summed E-state index contributed by atoms with van der Waals surface area (Å²) in [5, 5.41) is 17.8. The van der Waals surface area contributed by atoms with Crippen LogP contribution >= 0.6 is 45.4 Å². The van der Waals surface area contributed by atoms with Gasteiger partial charge in [-0.3, -0.25) is 19.3 Å². The molecule has 13 heteroatoms. The van der Waals surface area contributed by atoms with Gasteiger partial charge in [0.25, 0.3) is 0 Å². The van der Waals surface area contributed by atoms with E-state index in [1.165, 1.54) is 0 Å². The number of pyridine rings is 2. The second-order valence-electron chi connectivity index (χ2n) is 8.01. The van der Waals surface area contributed by atoms with Gasteiger partial charge in [-0.2, -0.15) is 10.2 Å². The van der Waals surface area contributed by atoms with Crippen molar-refractivity contribution in [1.29, 1.82) is 0 Å². The Bertz CT molecular complexity index is 1160. The SMILES string of the molecule is CC(C)n1nccc1-c1ncccc1CCl.CC(C)n1nccc1-c1ncccc1CO.Cl.O=S(Cl)Cl. The highest BCUT2D eigenvalue weighted by Gasteiger charge is 2.13. The third kappa shape index (κ3) is 9.67. The second kappa shape index (κ2) is 16.8. The summed E-state index contributed by atoms with van der Waals surface area (Å²) in [4.78, 5) is 8.70. The van der Waals surface area contributed by atoms with E-state index < -0.39 is 9.23 Å². The van der Waals surface area contributed by atoms with Crippen LogP contribution in [0.5, 0.6) is 0 Å². The van der Waals surface area contributed by atoms with Crippen molar-refractivity contribution in [3.05, 3.63) is 72.3 Å². The van der Waals surface area contributed by atoms with Crippen LogP contribution in [0.4, 0.5) is 0 Å². The molecule has 0 unspecified atom stereocenters. The highest BCUT2D eigenvalue weighted by Crippen LogP contribution is 2.25. The predicted molar refractivity (Wildman–Crippen MR) is 154 cm³/mol. The molecule has 1 N–H and O–H groups in total. The van der Waals surface area contributed by atoms with Crippen LogP contribution in [0, 0.1) is 0 Å². The first-order chi connectivity index (χ1) is 17.2. The van der Waals surface area contributed by atoms with Gasteiger partial charge in [-0.1, -0.05) is 12.1 Å². The van der Waals surface area contributed by atoms with Gasteiger partial charge in [0.15, 0.2) is 0 Å². The van der Waals surface area contributed by atoms with Gasteiger partial charge in [0.2, 0.25) is 9.23 Å². The van der Waals surface area contributed by atoms with Crippen molar-refractivity contribution in [2.75, 3.05) is 0 Å². The van der Waals surface area contributed by atoms with Crippen molar-refractivity contribution >= 4 is 54.6 Å². The van der Waals surface area contributed by atoms with E-state index in [9.17, 15) is 5.11 Å². The number of rotatable bonds is 6. The lowest BCUT2D eigenvalue weighted by Crippen LogP contribution is -2.06. The van der Waals surface area contributed by atoms with Gasteiger partial charge in [0, 0.05) is 69.7 Å².